The fourth-order valence-corrected chi connectivity index (χ4v) is 5.02. The number of carbonyl (C=O) groups excluding carboxylic acids is 1. The minimum Gasteiger partial charge on any atom is -0.508 e. The van der Waals surface area contributed by atoms with E-state index < -0.39 is 17.3 Å². The smallest absolute Gasteiger partial charge is 0.326 e. The topological polar surface area (TPSA) is 102 Å². The molecule has 2 aromatic carbocycles. The van der Waals surface area contributed by atoms with Crippen molar-refractivity contribution in [3.8, 4) is 5.75 Å². The molecule has 1 heterocycles. The largest absolute Gasteiger partial charge is 0.508 e. The van der Waals surface area contributed by atoms with Crippen molar-refractivity contribution in [3.05, 3.63) is 59.8 Å². The van der Waals surface area contributed by atoms with Gasteiger partial charge in [-0.25, -0.2) is 4.79 Å². The second-order valence-corrected chi connectivity index (χ2v) is 9.40. The number of aromatic amines is 1. The quantitative estimate of drug-likeness (QED) is 0.367. The molecule has 0 aliphatic rings. The molecule has 0 saturated carbocycles. The summed E-state index contributed by atoms with van der Waals surface area (Å²) in [5.41, 5.74) is 2.87. The number of carboxylic acid groups (broad SMARTS) is 1. The van der Waals surface area contributed by atoms with Crippen LogP contribution in [-0.4, -0.2) is 38.4 Å². The van der Waals surface area contributed by atoms with Crippen molar-refractivity contribution in [1.29, 1.82) is 0 Å². The normalized spacial score (nSPS) is 13.3. The minimum atomic E-state index is -1.09. The maximum atomic E-state index is 13.1. The highest BCUT2D eigenvalue weighted by atomic mass is 32.2. The third kappa shape index (κ3) is 5.82. The molecule has 4 N–H and O–H groups in total. The Balaban J connectivity index is 1.79. The van der Waals surface area contributed by atoms with Crippen LogP contribution in [0.15, 0.2) is 53.6 Å². The first-order chi connectivity index (χ1) is 14.7. The number of hydrogen-bond acceptors (Lipinski definition) is 4. The second kappa shape index (κ2) is 9.92. The Hall–Kier alpha value is -2.93. The molecule has 31 heavy (non-hydrogen) atoms. The van der Waals surface area contributed by atoms with E-state index in [1.54, 1.807) is 12.1 Å². The molecule has 0 bridgehead atoms. The highest BCUT2D eigenvalue weighted by Gasteiger charge is 2.28. The van der Waals surface area contributed by atoms with E-state index in [0.717, 1.165) is 26.9 Å². The van der Waals surface area contributed by atoms with Gasteiger partial charge in [-0.1, -0.05) is 38.1 Å². The number of aromatic hydroxyl groups is 1. The molecule has 2 unspecified atom stereocenters. The van der Waals surface area contributed by atoms with Gasteiger partial charge >= 0.3 is 5.97 Å². The molecule has 3 rings (SSSR count). The van der Waals surface area contributed by atoms with Crippen molar-refractivity contribution in [2.75, 3.05) is 0 Å². The fraction of sp³-hybridized carbons (Fsp3) is 0.333. The van der Waals surface area contributed by atoms with Crippen molar-refractivity contribution >= 4 is 34.5 Å². The van der Waals surface area contributed by atoms with Crippen LogP contribution < -0.4 is 5.32 Å². The van der Waals surface area contributed by atoms with E-state index in [9.17, 15) is 19.8 Å². The van der Waals surface area contributed by atoms with Crippen LogP contribution in [0.2, 0.25) is 0 Å². The zero-order valence-corrected chi connectivity index (χ0v) is 18.7. The standard InChI is InChI=1S/C24H28N2O4S/c1-14(2)11-20(31-21-13-25-18-6-4-5-15(3)22(18)21)23(28)26-19(24(29)30)12-16-7-9-17(27)10-8-16/h4-10,13-14,19-20,25,27H,11-12H2,1-3H3,(H,26,28)(H,29,30). The molecule has 0 fully saturated rings. The lowest BCUT2D eigenvalue weighted by molar-refractivity contribution is -0.141. The number of H-pyrrole nitrogens is 1. The van der Waals surface area contributed by atoms with E-state index in [-0.39, 0.29) is 24.0 Å². The highest BCUT2D eigenvalue weighted by Crippen LogP contribution is 2.35. The van der Waals surface area contributed by atoms with Crippen molar-refractivity contribution in [1.82, 2.24) is 10.3 Å². The monoisotopic (exact) mass is 440 g/mol. The third-order valence-electron chi connectivity index (χ3n) is 5.12. The number of benzene rings is 2. The van der Waals surface area contributed by atoms with E-state index in [1.165, 1.54) is 23.9 Å². The summed E-state index contributed by atoms with van der Waals surface area (Å²) in [6, 6.07) is 11.3. The number of thioether (sulfide) groups is 1. The number of aliphatic carboxylic acids is 1. The van der Waals surface area contributed by atoms with Crippen LogP contribution in [0.3, 0.4) is 0 Å². The van der Waals surface area contributed by atoms with Crippen LogP contribution in [-0.2, 0) is 16.0 Å². The van der Waals surface area contributed by atoms with Gasteiger partial charge in [-0.3, -0.25) is 4.79 Å². The van der Waals surface area contributed by atoms with Gasteiger partial charge in [0, 0.05) is 28.4 Å². The van der Waals surface area contributed by atoms with Crippen LogP contribution in [0.4, 0.5) is 0 Å². The summed E-state index contributed by atoms with van der Waals surface area (Å²) in [4.78, 5) is 29.2. The molecule has 164 valence electrons. The lowest BCUT2D eigenvalue weighted by Crippen LogP contribution is -2.46. The number of fused-ring (bicyclic) bond motifs is 1. The van der Waals surface area contributed by atoms with Gasteiger partial charge in [-0.2, -0.15) is 0 Å². The molecule has 0 radical (unpaired) electrons. The molecule has 0 aliphatic carbocycles. The van der Waals surface area contributed by atoms with Crippen LogP contribution >= 0.6 is 11.8 Å². The first-order valence-corrected chi connectivity index (χ1v) is 11.2. The van der Waals surface area contributed by atoms with Gasteiger partial charge in [0.15, 0.2) is 0 Å². The predicted octanol–water partition coefficient (Wildman–Crippen LogP) is 4.50. The van der Waals surface area contributed by atoms with Gasteiger partial charge in [0.2, 0.25) is 5.91 Å². The number of nitrogens with one attached hydrogen (secondary N) is 2. The SMILES string of the molecule is Cc1cccc2[nH]cc(SC(CC(C)C)C(=O)NC(Cc3ccc(O)cc3)C(=O)O)c12. The van der Waals surface area contributed by atoms with Crippen LogP contribution in [0.5, 0.6) is 5.75 Å². The van der Waals surface area contributed by atoms with Crippen LogP contribution in [0, 0.1) is 12.8 Å². The molecule has 7 heteroatoms. The number of amides is 1. The first-order valence-electron chi connectivity index (χ1n) is 10.3. The van der Waals surface area contributed by atoms with E-state index in [2.05, 4.69) is 10.3 Å². The lowest BCUT2D eigenvalue weighted by atomic mass is 10.0. The van der Waals surface area contributed by atoms with Gasteiger partial charge in [-0.05, 0) is 48.6 Å². The summed E-state index contributed by atoms with van der Waals surface area (Å²) in [6.45, 7) is 6.13. The van der Waals surface area contributed by atoms with E-state index in [0.29, 0.717) is 6.42 Å². The van der Waals surface area contributed by atoms with Crippen molar-refractivity contribution < 1.29 is 19.8 Å². The van der Waals surface area contributed by atoms with Gasteiger partial charge in [0.1, 0.15) is 11.8 Å². The highest BCUT2D eigenvalue weighted by molar-refractivity contribution is 8.00. The minimum absolute atomic E-state index is 0.113. The van der Waals surface area contributed by atoms with E-state index >= 15 is 0 Å². The Morgan fingerprint density at radius 2 is 1.84 bits per heavy atom. The molecule has 6 nitrogen and oxygen atoms in total. The number of carboxylic acids is 1. The summed E-state index contributed by atoms with van der Waals surface area (Å²) >= 11 is 1.47. The molecular weight excluding hydrogens is 412 g/mol. The average molecular weight is 441 g/mol. The molecule has 3 aromatic rings. The Bertz CT molecular complexity index is 1060. The number of aromatic nitrogens is 1. The number of rotatable bonds is 9. The summed E-state index contributed by atoms with van der Waals surface area (Å²) in [7, 11) is 0. The zero-order chi connectivity index (χ0) is 22.5. The Labute approximate surface area is 186 Å². The lowest BCUT2D eigenvalue weighted by Gasteiger charge is -2.21. The number of phenols is 1. The van der Waals surface area contributed by atoms with Gasteiger partial charge in [0.05, 0.1) is 5.25 Å². The summed E-state index contributed by atoms with van der Waals surface area (Å²) in [6.07, 6.45) is 2.68. The molecule has 2 atom stereocenters. The van der Waals surface area contributed by atoms with E-state index in [1.807, 2.05) is 45.2 Å². The van der Waals surface area contributed by atoms with Crippen LogP contribution in [0.1, 0.15) is 31.4 Å². The summed E-state index contributed by atoms with van der Waals surface area (Å²) in [5.74, 6) is -0.984. The molecule has 0 aliphatic heterocycles. The van der Waals surface area contributed by atoms with E-state index in [4.69, 9.17) is 0 Å². The third-order valence-corrected chi connectivity index (χ3v) is 6.38. The molecule has 1 amide bonds. The summed E-state index contributed by atoms with van der Waals surface area (Å²) in [5, 5.41) is 22.5. The second-order valence-electron chi connectivity index (χ2n) is 8.16. The van der Waals surface area contributed by atoms with Gasteiger partial charge < -0.3 is 20.5 Å². The zero-order valence-electron chi connectivity index (χ0n) is 17.9. The summed E-state index contributed by atoms with van der Waals surface area (Å²) < 4.78 is 0. The molecular formula is C24H28N2O4S. The maximum absolute atomic E-state index is 13.1. The Morgan fingerprint density at radius 3 is 2.48 bits per heavy atom. The number of carbonyl (C=O) groups is 2. The molecule has 0 spiro atoms. The van der Waals surface area contributed by atoms with Crippen molar-refractivity contribution in [2.45, 2.75) is 49.8 Å². The van der Waals surface area contributed by atoms with Gasteiger partial charge in [-0.15, -0.1) is 11.8 Å². The van der Waals surface area contributed by atoms with Crippen molar-refractivity contribution in [3.63, 3.8) is 0 Å². The Kier molecular flexibility index (Phi) is 7.28. The number of hydrogen-bond donors (Lipinski definition) is 4. The average Bonchev–Trinajstić information content (AvgIpc) is 3.12. The van der Waals surface area contributed by atoms with Gasteiger partial charge in [0.25, 0.3) is 0 Å². The van der Waals surface area contributed by atoms with Crippen LogP contribution in [0.25, 0.3) is 10.9 Å². The molecule has 1 aromatic heterocycles. The van der Waals surface area contributed by atoms with Crippen molar-refractivity contribution in [2.24, 2.45) is 5.92 Å². The maximum Gasteiger partial charge on any atom is 0.326 e. The fourth-order valence-electron chi connectivity index (χ4n) is 3.55. The number of aryl methyl sites for hydroxylation is 1. The Morgan fingerprint density at radius 1 is 1.13 bits per heavy atom. The number of phenolic OH excluding ortho intramolecular Hbond substituents is 1. The molecule has 0 saturated heterocycles. The first kappa shape index (κ1) is 22.7. The predicted molar refractivity (Wildman–Crippen MR) is 124 cm³/mol.